The molecule has 0 spiro atoms. The smallest absolute Gasteiger partial charge is 0.318 e. The number of rotatable bonds is 3. The lowest BCUT2D eigenvalue weighted by Gasteiger charge is -2.39. The Morgan fingerprint density at radius 2 is 2.19 bits per heavy atom. The van der Waals surface area contributed by atoms with Crippen molar-refractivity contribution >= 4 is 6.03 Å². The Balaban J connectivity index is 1.71. The van der Waals surface area contributed by atoms with Crippen molar-refractivity contribution in [3.63, 3.8) is 0 Å². The highest BCUT2D eigenvalue weighted by Gasteiger charge is 2.32. The van der Waals surface area contributed by atoms with Crippen LogP contribution < -0.4 is 5.32 Å². The van der Waals surface area contributed by atoms with Gasteiger partial charge in [-0.05, 0) is 43.2 Å². The van der Waals surface area contributed by atoms with Crippen molar-refractivity contribution in [3.8, 4) is 0 Å². The Morgan fingerprint density at radius 1 is 1.43 bits per heavy atom. The molecule has 2 amide bonds. The number of nitrogens with zero attached hydrogens (tertiary/aromatic N) is 1. The zero-order valence-corrected chi connectivity index (χ0v) is 12.6. The Kier molecular flexibility index (Phi) is 4.15. The first-order valence-electron chi connectivity index (χ1n) is 7.96. The van der Waals surface area contributed by atoms with E-state index in [1.807, 2.05) is 18.2 Å². The van der Waals surface area contributed by atoms with Crippen LogP contribution in [0, 0.1) is 5.92 Å². The lowest BCUT2D eigenvalue weighted by molar-refractivity contribution is 0.120. The van der Waals surface area contributed by atoms with Crippen molar-refractivity contribution in [2.75, 3.05) is 13.2 Å². The quantitative estimate of drug-likeness (QED) is 0.898. The largest absolute Gasteiger partial charge is 0.394 e. The summed E-state index contributed by atoms with van der Waals surface area (Å²) in [6, 6.07) is 8.06. The normalized spacial score (nSPS) is 23.1. The summed E-state index contributed by atoms with van der Waals surface area (Å²) in [4.78, 5) is 14.3. The van der Waals surface area contributed by atoms with E-state index in [9.17, 15) is 9.90 Å². The number of nitrogens with one attached hydrogen (secondary N) is 1. The summed E-state index contributed by atoms with van der Waals surface area (Å²) in [7, 11) is 0. The van der Waals surface area contributed by atoms with E-state index < -0.39 is 0 Å². The van der Waals surface area contributed by atoms with Crippen LogP contribution in [0.15, 0.2) is 24.3 Å². The summed E-state index contributed by atoms with van der Waals surface area (Å²) in [5, 5.41) is 12.9. The van der Waals surface area contributed by atoms with E-state index in [2.05, 4.69) is 18.3 Å². The average molecular weight is 288 g/mol. The monoisotopic (exact) mass is 288 g/mol. The molecule has 1 aliphatic carbocycles. The highest BCUT2D eigenvalue weighted by atomic mass is 16.3. The molecular weight excluding hydrogens is 264 g/mol. The standard InChI is InChI=1S/C17H24N2O2/c1-12(13-6-4-7-13)18-17(21)19-10-9-14-5-2-3-8-15(14)16(19)11-20/h2-3,5,8,12-13,16,20H,4,6-7,9-11H2,1H3,(H,18,21). The Morgan fingerprint density at radius 3 is 2.86 bits per heavy atom. The first-order chi connectivity index (χ1) is 10.2. The number of benzene rings is 1. The molecule has 2 aliphatic rings. The molecule has 2 unspecified atom stereocenters. The minimum Gasteiger partial charge on any atom is -0.394 e. The van der Waals surface area contributed by atoms with Crippen LogP contribution in [0.1, 0.15) is 43.4 Å². The predicted molar refractivity (Wildman–Crippen MR) is 82.0 cm³/mol. The van der Waals surface area contributed by atoms with Gasteiger partial charge in [-0.3, -0.25) is 0 Å². The van der Waals surface area contributed by atoms with Gasteiger partial charge in [0.2, 0.25) is 0 Å². The maximum atomic E-state index is 12.5. The van der Waals surface area contributed by atoms with E-state index >= 15 is 0 Å². The number of hydrogen-bond donors (Lipinski definition) is 2. The molecule has 0 radical (unpaired) electrons. The van der Waals surface area contributed by atoms with Crippen LogP contribution in [0.4, 0.5) is 4.79 Å². The molecule has 0 saturated heterocycles. The van der Waals surface area contributed by atoms with Gasteiger partial charge < -0.3 is 15.3 Å². The first-order valence-corrected chi connectivity index (χ1v) is 7.96. The minimum atomic E-state index is -0.219. The van der Waals surface area contributed by atoms with E-state index in [1.165, 1.54) is 24.8 Å². The predicted octanol–water partition coefficient (Wildman–Crippen LogP) is 2.48. The van der Waals surface area contributed by atoms with Gasteiger partial charge >= 0.3 is 6.03 Å². The Hall–Kier alpha value is -1.55. The summed E-state index contributed by atoms with van der Waals surface area (Å²) < 4.78 is 0. The minimum absolute atomic E-state index is 0.0256. The van der Waals surface area contributed by atoms with Gasteiger partial charge in [0, 0.05) is 12.6 Å². The molecule has 1 aromatic carbocycles. The average Bonchev–Trinajstić information content (AvgIpc) is 2.43. The van der Waals surface area contributed by atoms with E-state index in [4.69, 9.17) is 0 Å². The van der Waals surface area contributed by atoms with Crippen molar-refractivity contribution in [2.45, 2.75) is 44.7 Å². The number of urea groups is 1. The molecular formula is C17H24N2O2. The number of fused-ring (bicyclic) bond motifs is 1. The maximum absolute atomic E-state index is 12.5. The molecule has 1 saturated carbocycles. The van der Waals surface area contributed by atoms with Crippen molar-refractivity contribution in [1.29, 1.82) is 0 Å². The van der Waals surface area contributed by atoms with Gasteiger partial charge in [0.05, 0.1) is 12.6 Å². The van der Waals surface area contributed by atoms with Crippen LogP contribution in [-0.2, 0) is 6.42 Å². The van der Waals surface area contributed by atoms with Gasteiger partial charge in [-0.2, -0.15) is 0 Å². The molecule has 0 aromatic heterocycles. The fourth-order valence-electron chi connectivity index (χ4n) is 3.43. The summed E-state index contributed by atoms with van der Waals surface area (Å²) in [6.07, 6.45) is 4.57. The lowest BCUT2D eigenvalue weighted by Crippen LogP contribution is -2.51. The van der Waals surface area contributed by atoms with Crippen molar-refractivity contribution in [2.24, 2.45) is 5.92 Å². The third kappa shape index (κ3) is 2.77. The molecule has 114 valence electrons. The number of hydrogen-bond acceptors (Lipinski definition) is 2. The van der Waals surface area contributed by atoms with Gasteiger partial charge in [0.25, 0.3) is 0 Å². The molecule has 1 aliphatic heterocycles. The number of carbonyl (C=O) groups excluding carboxylic acids is 1. The first kappa shape index (κ1) is 14.4. The molecule has 4 heteroatoms. The highest BCUT2D eigenvalue weighted by molar-refractivity contribution is 5.75. The summed E-state index contributed by atoms with van der Waals surface area (Å²) in [5.41, 5.74) is 2.32. The number of amides is 2. The fraction of sp³-hybridized carbons (Fsp3) is 0.588. The SMILES string of the molecule is CC(NC(=O)N1CCc2ccccc2C1CO)C1CCC1. The highest BCUT2D eigenvalue weighted by Crippen LogP contribution is 2.31. The van der Waals surface area contributed by atoms with Crippen molar-refractivity contribution in [3.05, 3.63) is 35.4 Å². The van der Waals surface area contributed by atoms with Crippen LogP contribution in [0.3, 0.4) is 0 Å². The van der Waals surface area contributed by atoms with Crippen molar-refractivity contribution < 1.29 is 9.90 Å². The lowest BCUT2D eigenvalue weighted by atomic mass is 9.80. The van der Waals surface area contributed by atoms with E-state index in [0.29, 0.717) is 12.5 Å². The van der Waals surface area contributed by atoms with Gasteiger partial charge in [0.15, 0.2) is 0 Å². The van der Waals surface area contributed by atoms with Crippen LogP contribution in [0.2, 0.25) is 0 Å². The molecule has 1 heterocycles. The zero-order valence-electron chi connectivity index (χ0n) is 12.6. The molecule has 2 N–H and O–H groups in total. The second-order valence-corrected chi connectivity index (χ2v) is 6.27. The van der Waals surface area contributed by atoms with Crippen LogP contribution >= 0.6 is 0 Å². The van der Waals surface area contributed by atoms with E-state index in [1.54, 1.807) is 4.90 Å². The third-order valence-corrected chi connectivity index (χ3v) is 5.05. The second-order valence-electron chi connectivity index (χ2n) is 6.27. The van der Waals surface area contributed by atoms with Crippen molar-refractivity contribution in [1.82, 2.24) is 10.2 Å². The molecule has 3 rings (SSSR count). The molecule has 4 nitrogen and oxygen atoms in total. The fourth-order valence-corrected chi connectivity index (χ4v) is 3.43. The van der Waals surface area contributed by atoms with E-state index in [0.717, 1.165) is 12.0 Å². The van der Waals surface area contributed by atoms with Crippen LogP contribution in [0.5, 0.6) is 0 Å². The van der Waals surface area contributed by atoms with E-state index in [-0.39, 0.29) is 24.7 Å². The molecule has 1 aromatic rings. The summed E-state index contributed by atoms with van der Waals surface area (Å²) >= 11 is 0. The number of carbonyl (C=O) groups is 1. The van der Waals surface area contributed by atoms with Crippen LogP contribution in [0.25, 0.3) is 0 Å². The molecule has 0 bridgehead atoms. The second kappa shape index (κ2) is 6.06. The van der Waals surface area contributed by atoms with Gasteiger partial charge in [-0.25, -0.2) is 4.79 Å². The maximum Gasteiger partial charge on any atom is 0.318 e. The van der Waals surface area contributed by atoms with Gasteiger partial charge in [-0.15, -0.1) is 0 Å². The number of aliphatic hydroxyl groups excluding tert-OH is 1. The summed E-state index contributed by atoms with van der Waals surface area (Å²) in [5.74, 6) is 0.624. The molecule has 21 heavy (non-hydrogen) atoms. The number of aliphatic hydroxyl groups is 1. The Labute approximate surface area is 126 Å². The van der Waals surface area contributed by atoms with Gasteiger partial charge in [0.1, 0.15) is 0 Å². The third-order valence-electron chi connectivity index (χ3n) is 5.05. The molecule has 2 atom stereocenters. The summed E-state index contributed by atoms with van der Waals surface area (Å²) in [6.45, 7) is 2.74. The molecule has 1 fully saturated rings. The van der Waals surface area contributed by atoms with Gasteiger partial charge in [-0.1, -0.05) is 30.7 Å². The Bertz CT molecular complexity index is 513. The van der Waals surface area contributed by atoms with Crippen LogP contribution in [-0.4, -0.2) is 35.2 Å². The zero-order chi connectivity index (χ0) is 14.8. The topological polar surface area (TPSA) is 52.6 Å².